The van der Waals surface area contributed by atoms with Gasteiger partial charge in [-0.2, -0.15) is 0 Å². The number of methoxy groups -OCH3 is 1. The van der Waals surface area contributed by atoms with E-state index in [-0.39, 0.29) is 23.7 Å². The molecule has 2 aromatic rings. The largest absolute Gasteiger partial charge is 0.508 e. The number of hydrogen-bond acceptors (Lipinski definition) is 5. The van der Waals surface area contributed by atoms with Crippen LogP contribution in [0.1, 0.15) is 42.8 Å². The van der Waals surface area contributed by atoms with Crippen LogP contribution in [0.2, 0.25) is 0 Å². The molecule has 0 amide bonds. The van der Waals surface area contributed by atoms with Gasteiger partial charge in [0.15, 0.2) is 6.29 Å². The van der Waals surface area contributed by atoms with E-state index in [9.17, 15) is 9.90 Å². The zero-order valence-corrected chi connectivity index (χ0v) is 16.0. The van der Waals surface area contributed by atoms with Crippen molar-refractivity contribution in [2.24, 2.45) is 5.92 Å². The van der Waals surface area contributed by atoms with Crippen molar-refractivity contribution in [3.63, 3.8) is 0 Å². The number of carbonyl (C=O) groups excluding carboxylic acids is 1. The molecule has 28 heavy (non-hydrogen) atoms. The Balaban J connectivity index is 1.71. The van der Waals surface area contributed by atoms with Crippen molar-refractivity contribution in [3.8, 4) is 5.75 Å². The zero-order valence-electron chi connectivity index (χ0n) is 16.0. The minimum atomic E-state index is -0.467. The maximum Gasteiger partial charge on any atom is 0.305 e. The lowest BCUT2D eigenvalue weighted by atomic mass is 9.91. The molecular formula is C23H26O5. The third-order valence-electron chi connectivity index (χ3n) is 4.82. The van der Waals surface area contributed by atoms with Crippen LogP contribution in [0.3, 0.4) is 0 Å². The van der Waals surface area contributed by atoms with Crippen molar-refractivity contribution in [1.82, 2.24) is 0 Å². The summed E-state index contributed by atoms with van der Waals surface area (Å²) in [5.41, 5.74) is 1.72. The number of allylic oxidation sites excluding steroid dienone is 2. The lowest BCUT2D eigenvalue weighted by molar-refractivity contribution is -0.244. The van der Waals surface area contributed by atoms with Gasteiger partial charge in [0.1, 0.15) is 5.75 Å². The number of ether oxygens (including phenoxy) is 3. The number of rotatable bonds is 7. The highest BCUT2D eigenvalue weighted by Gasteiger charge is 2.34. The fourth-order valence-electron chi connectivity index (χ4n) is 3.31. The molecule has 1 fully saturated rings. The summed E-state index contributed by atoms with van der Waals surface area (Å²) in [6.07, 6.45) is 4.98. The monoisotopic (exact) mass is 382 g/mol. The summed E-state index contributed by atoms with van der Waals surface area (Å²) in [7, 11) is 1.39. The molecule has 0 radical (unpaired) electrons. The SMILES string of the molecule is COC(=O)CC/C=C\C[C@@H]1COC(c2ccccc2)O[C@@H]1c1ccccc1O. The smallest absolute Gasteiger partial charge is 0.305 e. The third-order valence-corrected chi connectivity index (χ3v) is 4.82. The molecule has 0 aromatic heterocycles. The minimum Gasteiger partial charge on any atom is -0.508 e. The maximum atomic E-state index is 11.2. The van der Waals surface area contributed by atoms with E-state index in [0.717, 1.165) is 17.5 Å². The van der Waals surface area contributed by atoms with E-state index in [4.69, 9.17) is 9.47 Å². The minimum absolute atomic E-state index is 0.0580. The topological polar surface area (TPSA) is 65.0 Å². The molecule has 0 spiro atoms. The predicted molar refractivity (Wildman–Crippen MR) is 106 cm³/mol. The van der Waals surface area contributed by atoms with Gasteiger partial charge in [0.2, 0.25) is 0 Å². The lowest BCUT2D eigenvalue weighted by Crippen LogP contribution is -2.30. The summed E-state index contributed by atoms with van der Waals surface area (Å²) < 4.78 is 16.9. The van der Waals surface area contributed by atoms with E-state index >= 15 is 0 Å². The fourth-order valence-corrected chi connectivity index (χ4v) is 3.31. The second-order valence-electron chi connectivity index (χ2n) is 6.77. The van der Waals surface area contributed by atoms with E-state index in [2.05, 4.69) is 4.74 Å². The first-order chi connectivity index (χ1) is 13.7. The Hall–Kier alpha value is -2.63. The number of esters is 1. The van der Waals surface area contributed by atoms with Gasteiger partial charge in [-0.15, -0.1) is 0 Å². The van der Waals surface area contributed by atoms with Crippen LogP contribution in [0.5, 0.6) is 5.75 Å². The second kappa shape index (κ2) is 10.1. The van der Waals surface area contributed by atoms with Gasteiger partial charge in [0.25, 0.3) is 0 Å². The van der Waals surface area contributed by atoms with Crippen LogP contribution in [0.4, 0.5) is 0 Å². The highest BCUT2D eigenvalue weighted by atomic mass is 16.7. The Kier molecular flexibility index (Phi) is 7.23. The van der Waals surface area contributed by atoms with Crippen molar-refractivity contribution in [1.29, 1.82) is 0 Å². The Morgan fingerprint density at radius 3 is 2.64 bits per heavy atom. The van der Waals surface area contributed by atoms with E-state index in [1.807, 2.05) is 54.6 Å². The average Bonchev–Trinajstić information content (AvgIpc) is 2.74. The Morgan fingerprint density at radius 2 is 1.89 bits per heavy atom. The summed E-state index contributed by atoms with van der Waals surface area (Å²) in [5.74, 6) is 0.0651. The highest BCUT2D eigenvalue weighted by Crippen LogP contribution is 2.42. The van der Waals surface area contributed by atoms with Gasteiger partial charge in [-0.05, 0) is 18.9 Å². The molecule has 1 N–H and O–H groups in total. The fraction of sp³-hybridized carbons (Fsp3) is 0.348. The first kappa shape index (κ1) is 20.1. The lowest BCUT2D eigenvalue weighted by Gasteiger charge is -2.37. The van der Waals surface area contributed by atoms with Crippen LogP contribution in [0, 0.1) is 5.92 Å². The summed E-state index contributed by atoms with van der Waals surface area (Å²) in [6.45, 7) is 0.514. The normalized spacial score (nSPS) is 22.2. The predicted octanol–water partition coefficient (Wildman–Crippen LogP) is 4.69. The van der Waals surface area contributed by atoms with Crippen molar-refractivity contribution in [2.45, 2.75) is 31.7 Å². The van der Waals surface area contributed by atoms with Gasteiger partial charge >= 0.3 is 5.97 Å². The zero-order chi connectivity index (χ0) is 19.8. The molecule has 1 saturated heterocycles. The number of carbonyl (C=O) groups is 1. The van der Waals surface area contributed by atoms with Crippen molar-refractivity contribution >= 4 is 5.97 Å². The molecule has 3 atom stereocenters. The summed E-state index contributed by atoms with van der Waals surface area (Å²) in [4.78, 5) is 11.2. The molecule has 2 aromatic carbocycles. The van der Waals surface area contributed by atoms with Crippen LogP contribution in [-0.4, -0.2) is 24.8 Å². The maximum absolute atomic E-state index is 11.2. The van der Waals surface area contributed by atoms with E-state index in [1.54, 1.807) is 12.1 Å². The van der Waals surface area contributed by atoms with Crippen molar-refractivity contribution in [2.75, 3.05) is 13.7 Å². The molecule has 0 aliphatic carbocycles. The van der Waals surface area contributed by atoms with Crippen LogP contribution >= 0.6 is 0 Å². The molecule has 1 unspecified atom stereocenters. The first-order valence-electron chi connectivity index (χ1n) is 9.50. The summed E-state index contributed by atoms with van der Waals surface area (Å²) >= 11 is 0. The Labute approximate surface area is 165 Å². The molecular weight excluding hydrogens is 356 g/mol. The molecule has 0 saturated carbocycles. The first-order valence-corrected chi connectivity index (χ1v) is 9.50. The molecule has 1 aliphatic heterocycles. The van der Waals surface area contributed by atoms with Crippen LogP contribution in [0.15, 0.2) is 66.7 Å². The average molecular weight is 382 g/mol. The standard InChI is InChI=1S/C23H26O5/c1-26-21(25)15-7-3-6-12-18-16-27-23(17-10-4-2-5-11-17)28-22(18)19-13-8-9-14-20(19)24/h2-6,8-11,13-14,18,22-24H,7,12,15-16H2,1H3/b6-3-/t18-,22+,23?/m1/s1. The summed E-state index contributed by atoms with van der Waals surface area (Å²) in [6, 6.07) is 17.1. The van der Waals surface area contributed by atoms with E-state index < -0.39 is 6.29 Å². The molecule has 5 heteroatoms. The van der Waals surface area contributed by atoms with Gasteiger partial charge in [0.05, 0.1) is 19.8 Å². The van der Waals surface area contributed by atoms with Gasteiger partial charge in [-0.1, -0.05) is 60.7 Å². The number of para-hydroxylation sites is 1. The number of aromatic hydroxyl groups is 1. The van der Waals surface area contributed by atoms with Gasteiger partial charge in [-0.3, -0.25) is 4.79 Å². The molecule has 1 aliphatic rings. The number of hydrogen-bond donors (Lipinski definition) is 1. The Bertz CT molecular complexity index is 787. The van der Waals surface area contributed by atoms with E-state index in [0.29, 0.717) is 19.4 Å². The Morgan fingerprint density at radius 1 is 1.14 bits per heavy atom. The second-order valence-corrected chi connectivity index (χ2v) is 6.77. The van der Waals surface area contributed by atoms with Gasteiger partial charge < -0.3 is 19.3 Å². The molecule has 1 heterocycles. The van der Waals surface area contributed by atoms with Crippen LogP contribution in [0.25, 0.3) is 0 Å². The third kappa shape index (κ3) is 5.21. The van der Waals surface area contributed by atoms with E-state index in [1.165, 1.54) is 7.11 Å². The van der Waals surface area contributed by atoms with Gasteiger partial charge in [-0.25, -0.2) is 0 Å². The molecule has 5 nitrogen and oxygen atoms in total. The van der Waals surface area contributed by atoms with Crippen molar-refractivity contribution < 1.29 is 24.1 Å². The molecule has 3 rings (SSSR count). The van der Waals surface area contributed by atoms with Gasteiger partial charge in [0, 0.05) is 23.5 Å². The number of phenols is 1. The van der Waals surface area contributed by atoms with Crippen LogP contribution in [-0.2, 0) is 19.0 Å². The molecule has 0 bridgehead atoms. The van der Waals surface area contributed by atoms with Crippen LogP contribution < -0.4 is 0 Å². The summed E-state index contributed by atoms with van der Waals surface area (Å²) in [5, 5.41) is 10.3. The molecule has 148 valence electrons. The quantitative estimate of drug-likeness (QED) is 0.556. The number of benzene rings is 2. The highest BCUT2D eigenvalue weighted by molar-refractivity contribution is 5.69. The van der Waals surface area contributed by atoms with Crippen molar-refractivity contribution in [3.05, 3.63) is 77.9 Å². The number of phenolic OH excluding ortho intramolecular Hbond substituents is 1.